The number of halogens is 1. The molecule has 0 spiro atoms. The van der Waals surface area contributed by atoms with E-state index in [0.29, 0.717) is 27.6 Å². The van der Waals surface area contributed by atoms with Crippen LogP contribution in [0, 0.1) is 0 Å². The first-order chi connectivity index (χ1) is 13.1. The van der Waals surface area contributed by atoms with Crippen molar-refractivity contribution in [2.45, 2.75) is 25.7 Å². The average molecular weight is 387 g/mol. The maximum atomic E-state index is 12.6. The molecule has 1 aliphatic rings. The molecule has 5 nitrogen and oxygen atoms in total. The Balaban J connectivity index is 1.70. The highest BCUT2D eigenvalue weighted by Gasteiger charge is 2.18. The number of nitrogens with zero attached hydrogens (tertiary/aromatic N) is 1. The Hall–Kier alpha value is -2.53. The summed E-state index contributed by atoms with van der Waals surface area (Å²) in [5.74, 6) is 0.269. The van der Waals surface area contributed by atoms with Crippen LogP contribution in [0.25, 0.3) is 0 Å². The number of rotatable bonds is 4. The van der Waals surface area contributed by atoms with Crippen LogP contribution in [0.3, 0.4) is 0 Å². The van der Waals surface area contributed by atoms with Gasteiger partial charge in [-0.15, -0.1) is 0 Å². The van der Waals surface area contributed by atoms with Crippen molar-refractivity contribution in [2.24, 2.45) is 0 Å². The van der Waals surface area contributed by atoms with Gasteiger partial charge in [0.1, 0.15) is 5.75 Å². The molecule has 2 aromatic rings. The summed E-state index contributed by atoms with van der Waals surface area (Å²) in [6.07, 6.45) is 4.45. The Morgan fingerprint density at radius 1 is 0.963 bits per heavy atom. The van der Waals surface area contributed by atoms with Gasteiger partial charge >= 0.3 is 0 Å². The zero-order valence-electron chi connectivity index (χ0n) is 15.3. The second-order valence-electron chi connectivity index (χ2n) is 6.58. The van der Waals surface area contributed by atoms with Crippen molar-refractivity contribution >= 4 is 29.1 Å². The molecular weight excluding hydrogens is 364 g/mol. The van der Waals surface area contributed by atoms with Crippen LogP contribution in [-0.2, 0) is 0 Å². The van der Waals surface area contributed by atoms with Gasteiger partial charge in [-0.05, 0) is 55.3 Å². The fourth-order valence-corrected chi connectivity index (χ4v) is 3.37. The van der Waals surface area contributed by atoms with Crippen molar-refractivity contribution in [3.8, 4) is 5.75 Å². The van der Waals surface area contributed by atoms with E-state index in [1.807, 2.05) is 4.90 Å². The van der Waals surface area contributed by atoms with Crippen LogP contribution in [0.1, 0.15) is 46.4 Å². The lowest BCUT2D eigenvalue weighted by Crippen LogP contribution is -2.31. The quantitative estimate of drug-likeness (QED) is 0.834. The molecule has 0 radical (unpaired) electrons. The fourth-order valence-electron chi connectivity index (χ4n) is 3.19. The van der Waals surface area contributed by atoms with Gasteiger partial charge in [-0.3, -0.25) is 9.59 Å². The second-order valence-corrected chi connectivity index (χ2v) is 7.02. The first-order valence-corrected chi connectivity index (χ1v) is 9.50. The number of hydrogen-bond donors (Lipinski definition) is 1. The smallest absolute Gasteiger partial charge is 0.255 e. The number of ether oxygens (including phenoxy) is 1. The van der Waals surface area contributed by atoms with E-state index in [1.54, 1.807) is 42.5 Å². The molecular formula is C21H23ClN2O3. The molecule has 1 N–H and O–H groups in total. The number of likely N-dealkylation sites (tertiary alicyclic amines) is 1. The van der Waals surface area contributed by atoms with E-state index < -0.39 is 0 Å². The van der Waals surface area contributed by atoms with Crippen molar-refractivity contribution in [2.75, 3.05) is 25.5 Å². The topological polar surface area (TPSA) is 58.6 Å². The summed E-state index contributed by atoms with van der Waals surface area (Å²) in [6.45, 7) is 1.60. The number of anilines is 1. The third kappa shape index (κ3) is 4.80. The van der Waals surface area contributed by atoms with Crippen LogP contribution < -0.4 is 10.1 Å². The summed E-state index contributed by atoms with van der Waals surface area (Å²) in [7, 11) is 1.53. The summed E-state index contributed by atoms with van der Waals surface area (Å²) in [6, 6.07) is 11.8. The van der Waals surface area contributed by atoms with Gasteiger partial charge in [-0.2, -0.15) is 0 Å². The monoisotopic (exact) mass is 386 g/mol. The lowest BCUT2D eigenvalue weighted by atomic mass is 10.1. The molecule has 1 fully saturated rings. The maximum Gasteiger partial charge on any atom is 0.255 e. The van der Waals surface area contributed by atoms with Crippen molar-refractivity contribution in [1.82, 2.24) is 4.90 Å². The number of amides is 2. The normalized spacial score (nSPS) is 14.4. The number of carbonyl (C=O) groups excluding carboxylic acids is 2. The summed E-state index contributed by atoms with van der Waals surface area (Å²) >= 11 is 6.00. The van der Waals surface area contributed by atoms with Crippen LogP contribution in [0.5, 0.6) is 5.75 Å². The molecule has 0 bridgehead atoms. The molecule has 0 unspecified atom stereocenters. The number of hydrogen-bond acceptors (Lipinski definition) is 3. The predicted octanol–water partition coefficient (Wildman–Crippen LogP) is 4.62. The number of nitrogens with one attached hydrogen (secondary N) is 1. The molecule has 0 saturated carbocycles. The van der Waals surface area contributed by atoms with E-state index in [0.717, 1.165) is 25.9 Å². The van der Waals surface area contributed by atoms with Gasteiger partial charge in [0.05, 0.1) is 12.8 Å². The Labute approximate surface area is 164 Å². The minimum absolute atomic E-state index is 0.0281. The van der Waals surface area contributed by atoms with Crippen molar-refractivity contribution in [3.63, 3.8) is 0 Å². The summed E-state index contributed by atoms with van der Waals surface area (Å²) in [5.41, 5.74) is 1.57. The van der Waals surface area contributed by atoms with E-state index >= 15 is 0 Å². The molecule has 1 saturated heterocycles. The van der Waals surface area contributed by atoms with Crippen LogP contribution in [0.15, 0.2) is 42.5 Å². The second kappa shape index (κ2) is 8.91. The number of benzene rings is 2. The molecule has 142 valence electrons. The zero-order valence-corrected chi connectivity index (χ0v) is 16.1. The van der Waals surface area contributed by atoms with E-state index in [9.17, 15) is 9.59 Å². The molecule has 0 aliphatic carbocycles. The molecule has 6 heteroatoms. The van der Waals surface area contributed by atoms with Gasteiger partial charge in [0.15, 0.2) is 0 Å². The van der Waals surface area contributed by atoms with Crippen molar-refractivity contribution in [3.05, 3.63) is 58.6 Å². The minimum atomic E-state index is -0.288. The van der Waals surface area contributed by atoms with Crippen LogP contribution in [0.2, 0.25) is 5.02 Å². The lowest BCUT2D eigenvalue weighted by Gasteiger charge is -2.20. The first kappa shape index (κ1) is 19.2. The maximum absolute atomic E-state index is 12.6. The van der Waals surface area contributed by atoms with Crippen LogP contribution in [0.4, 0.5) is 5.69 Å². The van der Waals surface area contributed by atoms with Gasteiger partial charge in [-0.25, -0.2) is 0 Å². The van der Waals surface area contributed by atoms with E-state index in [-0.39, 0.29) is 11.8 Å². The molecule has 2 amide bonds. The highest BCUT2D eigenvalue weighted by Crippen LogP contribution is 2.28. The van der Waals surface area contributed by atoms with Gasteiger partial charge in [0.25, 0.3) is 11.8 Å². The van der Waals surface area contributed by atoms with E-state index in [2.05, 4.69) is 5.32 Å². The van der Waals surface area contributed by atoms with Crippen LogP contribution >= 0.6 is 11.6 Å². The van der Waals surface area contributed by atoms with Gasteiger partial charge < -0.3 is 15.0 Å². The third-order valence-corrected chi connectivity index (χ3v) is 4.93. The molecule has 0 atom stereocenters. The molecule has 0 aromatic heterocycles. The standard InChI is InChI=1S/C21H23ClN2O3/c1-27-19-11-10-17(22)14-18(19)23-20(25)15-6-8-16(9-7-15)21(26)24-12-4-2-3-5-13-24/h6-11,14H,2-5,12-13H2,1H3,(H,23,25). The zero-order chi connectivity index (χ0) is 19.2. The highest BCUT2D eigenvalue weighted by molar-refractivity contribution is 6.31. The van der Waals surface area contributed by atoms with Crippen molar-refractivity contribution in [1.29, 1.82) is 0 Å². The fraction of sp³-hybridized carbons (Fsp3) is 0.333. The number of methoxy groups -OCH3 is 1. The predicted molar refractivity (Wildman–Crippen MR) is 107 cm³/mol. The minimum Gasteiger partial charge on any atom is -0.495 e. The third-order valence-electron chi connectivity index (χ3n) is 4.70. The number of carbonyl (C=O) groups is 2. The SMILES string of the molecule is COc1ccc(Cl)cc1NC(=O)c1ccc(C(=O)N2CCCCCC2)cc1. The van der Waals surface area contributed by atoms with E-state index in [1.165, 1.54) is 20.0 Å². The average Bonchev–Trinajstić information content (AvgIpc) is 2.97. The molecule has 1 heterocycles. The molecule has 3 rings (SSSR count). The lowest BCUT2D eigenvalue weighted by molar-refractivity contribution is 0.0761. The largest absolute Gasteiger partial charge is 0.495 e. The van der Waals surface area contributed by atoms with Gasteiger partial charge in [0.2, 0.25) is 0 Å². The van der Waals surface area contributed by atoms with Crippen LogP contribution in [-0.4, -0.2) is 36.9 Å². The Kier molecular flexibility index (Phi) is 6.35. The molecule has 27 heavy (non-hydrogen) atoms. The van der Waals surface area contributed by atoms with E-state index in [4.69, 9.17) is 16.3 Å². The molecule has 2 aromatic carbocycles. The Morgan fingerprint density at radius 2 is 1.59 bits per heavy atom. The first-order valence-electron chi connectivity index (χ1n) is 9.13. The highest BCUT2D eigenvalue weighted by atomic mass is 35.5. The summed E-state index contributed by atoms with van der Waals surface area (Å²) < 4.78 is 5.24. The van der Waals surface area contributed by atoms with Gasteiger partial charge in [0, 0.05) is 29.2 Å². The molecule has 1 aliphatic heterocycles. The van der Waals surface area contributed by atoms with Gasteiger partial charge in [-0.1, -0.05) is 24.4 Å². The summed E-state index contributed by atoms with van der Waals surface area (Å²) in [5, 5.41) is 3.30. The Bertz CT molecular complexity index is 813. The Morgan fingerprint density at radius 3 is 2.22 bits per heavy atom. The summed E-state index contributed by atoms with van der Waals surface area (Å²) in [4.78, 5) is 27.1. The van der Waals surface area contributed by atoms with Crippen molar-refractivity contribution < 1.29 is 14.3 Å².